The monoisotopic (exact) mass is 321 g/mol. The van der Waals surface area contributed by atoms with E-state index in [4.69, 9.17) is 5.73 Å². The maximum Gasteiger partial charge on any atom is 0.251 e. The lowest BCUT2D eigenvalue weighted by Crippen LogP contribution is -2.56. The molecule has 0 unspecified atom stereocenters. The molecule has 3 rings (SSSR count). The molecule has 0 radical (unpaired) electrons. The highest BCUT2D eigenvalue weighted by Gasteiger charge is 2.39. The van der Waals surface area contributed by atoms with Crippen LogP contribution < -0.4 is 10.6 Å². The molecular formula is C16H17F2N3O2. The predicted octanol–water partition coefficient (Wildman–Crippen LogP) is 1.64. The number of rotatable bonds is 2. The van der Waals surface area contributed by atoms with Crippen LogP contribution in [0.25, 0.3) is 10.9 Å². The Bertz CT molecular complexity index is 796. The van der Waals surface area contributed by atoms with Crippen LogP contribution in [0, 0.1) is 18.6 Å². The number of β-amino-alcohol motifs (C(OH)–C–C–N with tert-alkyl or cyclic N) is 1. The van der Waals surface area contributed by atoms with Gasteiger partial charge < -0.3 is 15.7 Å². The number of piperidine rings is 1. The second-order valence-corrected chi connectivity index (χ2v) is 5.96. The topological polar surface area (TPSA) is 79.5 Å². The zero-order chi connectivity index (χ0) is 16.8. The van der Waals surface area contributed by atoms with Gasteiger partial charge in [-0.15, -0.1) is 0 Å². The third kappa shape index (κ3) is 2.61. The van der Waals surface area contributed by atoms with Crippen molar-refractivity contribution in [3.8, 4) is 0 Å². The SMILES string of the molecule is Cc1cc(N2CCC[C@@](O)(C(N)=O)C2)c2ccc(F)c(F)c2n1. The summed E-state index contributed by atoms with van der Waals surface area (Å²) in [6, 6.07) is 4.22. The van der Waals surface area contributed by atoms with E-state index in [-0.39, 0.29) is 18.5 Å². The fraction of sp³-hybridized carbons (Fsp3) is 0.375. The van der Waals surface area contributed by atoms with Gasteiger partial charge in [-0.05, 0) is 38.0 Å². The lowest BCUT2D eigenvalue weighted by atomic mass is 9.91. The van der Waals surface area contributed by atoms with E-state index in [1.54, 1.807) is 17.9 Å². The van der Waals surface area contributed by atoms with E-state index < -0.39 is 23.1 Å². The number of nitrogens with two attached hydrogens (primary N) is 1. The van der Waals surface area contributed by atoms with Gasteiger partial charge in [0.05, 0.1) is 6.54 Å². The molecule has 0 spiro atoms. The quantitative estimate of drug-likeness (QED) is 0.881. The number of pyridine rings is 1. The first-order valence-electron chi connectivity index (χ1n) is 7.34. The summed E-state index contributed by atoms with van der Waals surface area (Å²) in [6.07, 6.45) is 0.843. The van der Waals surface area contributed by atoms with E-state index in [9.17, 15) is 18.7 Å². The van der Waals surface area contributed by atoms with Gasteiger partial charge in [-0.1, -0.05) is 0 Å². The first kappa shape index (κ1) is 15.6. The largest absolute Gasteiger partial charge is 0.378 e. The Labute approximate surface area is 131 Å². The molecule has 5 nitrogen and oxygen atoms in total. The molecule has 1 saturated heterocycles. The lowest BCUT2D eigenvalue weighted by Gasteiger charge is -2.38. The molecule has 2 heterocycles. The van der Waals surface area contributed by atoms with Crippen LogP contribution in [-0.2, 0) is 4.79 Å². The van der Waals surface area contributed by atoms with Crippen molar-refractivity contribution in [3.05, 3.63) is 35.5 Å². The van der Waals surface area contributed by atoms with E-state index in [0.29, 0.717) is 29.7 Å². The van der Waals surface area contributed by atoms with Crippen molar-refractivity contribution >= 4 is 22.5 Å². The van der Waals surface area contributed by atoms with Crippen LogP contribution in [0.5, 0.6) is 0 Å². The molecule has 0 aliphatic carbocycles. The maximum absolute atomic E-state index is 14.0. The van der Waals surface area contributed by atoms with E-state index in [0.717, 1.165) is 6.07 Å². The fourth-order valence-electron chi connectivity index (χ4n) is 3.04. The number of hydrogen-bond acceptors (Lipinski definition) is 4. The van der Waals surface area contributed by atoms with Gasteiger partial charge in [0, 0.05) is 23.3 Å². The van der Waals surface area contributed by atoms with Gasteiger partial charge in [-0.2, -0.15) is 0 Å². The van der Waals surface area contributed by atoms with Gasteiger partial charge in [0.2, 0.25) is 0 Å². The first-order chi connectivity index (χ1) is 10.8. The number of carbonyl (C=O) groups excluding carboxylic acids is 1. The molecular weight excluding hydrogens is 304 g/mol. The lowest BCUT2D eigenvalue weighted by molar-refractivity contribution is -0.137. The Kier molecular flexibility index (Phi) is 3.68. The normalized spacial score (nSPS) is 21.7. The second kappa shape index (κ2) is 5.42. The standard InChI is InChI=1S/C16H17F2N3O2/c1-9-7-12(10-3-4-11(17)13(18)14(10)20-9)21-6-2-5-16(23,8-21)15(19)22/h3-4,7,23H,2,5-6,8H2,1H3,(H2,19,22)/t16-/m0/s1. The smallest absolute Gasteiger partial charge is 0.251 e. The van der Waals surface area contributed by atoms with Crippen molar-refractivity contribution in [2.45, 2.75) is 25.4 Å². The van der Waals surface area contributed by atoms with Gasteiger partial charge in [0.15, 0.2) is 17.2 Å². The molecule has 1 aliphatic rings. The van der Waals surface area contributed by atoms with Crippen LogP contribution in [-0.4, -0.2) is 34.7 Å². The minimum absolute atomic E-state index is 0.0138. The predicted molar refractivity (Wildman–Crippen MR) is 82.0 cm³/mol. The summed E-state index contributed by atoms with van der Waals surface area (Å²) >= 11 is 0. The summed E-state index contributed by atoms with van der Waals surface area (Å²) in [5.74, 6) is -2.75. The van der Waals surface area contributed by atoms with Crippen LogP contribution in [0.4, 0.5) is 14.5 Å². The van der Waals surface area contributed by atoms with Gasteiger partial charge in [0.1, 0.15) is 5.52 Å². The molecule has 1 aliphatic heterocycles. The average molecular weight is 321 g/mol. The van der Waals surface area contributed by atoms with E-state index in [1.807, 2.05) is 0 Å². The summed E-state index contributed by atoms with van der Waals surface area (Å²) < 4.78 is 27.5. The maximum atomic E-state index is 14.0. The van der Waals surface area contributed by atoms with Crippen molar-refractivity contribution in [1.29, 1.82) is 0 Å². The zero-order valence-electron chi connectivity index (χ0n) is 12.6. The minimum Gasteiger partial charge on any atom is -0.378 e. The number of nitrogens with zero attached hydrogens (tertiary/aromatic N) is 2. The van der Waals surface area contributed by atoms with Crippen molar-refractivity contribution in [3.63, 3.8) is 0 Å². The summed E-state index contributed by atoms with van der Waals surface area (Å²) in [4.78, 5) is 17.3. The number of halogens is 2. The third-order valence-electron chi connectivity index (χ3n) is 4.25. The van der Waals surface area contributed by atoms with Crippen LogP contribution in [0.2, 0.25) is 0 Å². The minimum atomic E-state index is -1.62. The zero-order valence-corrected chi connectivity index (χ0v) is 12.6. The molecule has 1 fully saturated rings. The Morgan fingerprint density at radius 3 is 2.87 bits per heavy atom. The van der Waals surface area contributed by atoms with E-state index >= 15 is 0 Å². The van der Waals surface area contributed by atoms with Crippen molar-refractivity contribution in [2.24, 2.45) is 5.73 Å². The van der Waals surface area contributed by atoms with Crippen molar-refractivity contribution in [1.82, 2.24) is 4.98 Å². The number of hydrogen-bond donors (Lipinski definition) is 2. The molecule has 3 N–H and O–H groups in total. The molecule has 1 amide bonds. The van der Waals surface area contributed by atoms with Crippen molar-refractivity contribution < 1.29 is 18.7 Å². The summed E-state index contributed by atoms with van der Waals surface area (Å²) in [5, 5.41) is 10.8. The average Bonchev–Trinajstić information content (AvgIpc) is 2.50. The molecule has 0 bridgehead atoms. The number of aromatic nitrogens is 1. The van der Waals surface area contributed by atoms with Crippen LogP contribution >= 0.6 is 0 Å². The van der Waals surface area contributed by atoms with Crippen LogP contribution in [0.15, 0.2) is 18.2 Å². The van der Waals surface area contributed by atoms with Gasteiger partial charge in [0.25, 0.3) is 5.91 Å². The third-order valence-corrected chi connectivity index (χ3v) is 4.25. The van der Waals surface area contributed by atoms with Gasteiger partial charge >= 0.3 is 0 Å². The molecule has 2 aromatic rings. The molecule has 0 saturated carbocycles. The number of benzene rings is 1. The number of carbonyl (C=O) groups is 1. The van der Waals surface area contributed by atoms with Gasteiger partial charge in [-0.25, -0.2) is 13.8 Å². The van der Waals surface area contributed by atoms with Crippen LogP contribution in [0.3, 0.4) is 0 Å². The Morgan fingerprint density at radius 2 is 2.17 bits per heavy atom. The molecule has 1 aromatic carbocycles. The highest BCUT2D eigenvalue weighted by molar-refractivity contribution is 5.93. The van der Waals surface area contributed by atoms with E-state index in [2.05, 4.69) is 4.98 Å². The molecule has 1 atom stereocenters. The second-order valence-electron chi connectivity index (χ2n) is 5.96. The summed E-state index contributed by atoms with van der Waals surface area (Å²) in [5.41, 5.74) is 4.73. The number of aryl methyl sites for hydroxylation is 1. The molecule has 7 heteroatoms. The van der Waals surface area contributed by atoms with Crippen LogP contribution in [0.1, 0.15) is 18.5 Å². The molecule has 1 aromatic heterocycles. The number of fused-ring (bicyclic) bond motifs is 1. The summed E-state index contributed by atoms with van der Waals surface area (Å²) in [6.45, 7) is 2.27. The van der Waals surface area contributed by atoms with Gasteiger partial charge in [-0.3, -0.25) is 4.79 Å². The summed E-state index contributed by atoms with van der Waals surface area (Å²) in [7, 11) is 0. The number of aliphatic hydroxyl groups is 1. The molecule has 23 heavy (non-hydrogen) atoms. The highest BCUT2D eigenvalue weighted by Crippen LogP contribution is 2.33. The fourth-order valence-corrected chi connectivity index (χ4v) is 3.04. The number of primary amides is 1. The highest BCUT2D eigenvalue weighted by atomic mass is 19.2. The first-order valence-corrected chi connectivity index (χ1v) is 7.34. The Hall–Kier alpha value is -2.28. The van der Waals surface area contributed by atoms with Crippen molar-refractivity contribution in [2.75, 3.05) is 18.0 Å². The van der Waals surface area contributed by atoms with E-state index in [1.165, 1.54) is 6.07 Å². The molecule has 122 valence electrons. The number of anilines is 1. The Balaban J connectivity index is 2.13. The Morgan fingerprint density at radius 1 is 1.43 bits per heavy atom. The number of amides is 1.